The van der Waals surface area contributed by atoms with Gasteiger partial charge in [-0.1, -0.05) is 20.8 Å². The first kappa shape index (κ1) is 17.8. The summed E-state index contributed by atoms with van der Waals surface area (Å²) >= 11 is 0. The molecule has 2 aromatic rings. The molecule has 136 valence electrons. The number of rotatable bonds is 3. The Morgan fingerprint density at radius 1 is 1.20 bits per heavy atom. The fourth-order valence-corrected chi connectivity index (χ4v) is 2.97. The van der Waals surface area contributed by atoms with Crippen molar-refractivity contribution >= 4 is 11.6 Å². The molecule has 3 heterocycles. The summed E-state index contributed by atoms with van der Waals surface area (Å²) in [6, 6.07) is 3.63. The Labute approximate surface area is 148 Å². The fourth-order valence-electron chi connectivity index (χ4n) is 2.97. The summed E-state index contributed by atoms with van der Waals surface area (Å²) < 4.78 is 1.84. The van der Waals surface area contributed by atoms with Crippen molar-refractivity contribution in [2.75, 3.05) is 32.7 Å². The number of amides is 1. The average molecular weight is 345 g/mol. The molecule has 0 spiro atoms. The second kappa shape index (κ2) is 6.72. The highest BCUT2D eigenvalue weighted by Gasteiger charge is 2.28. The third kappa shape index (κ3) is 3.82. The van der Waals surface area contributed by atoms with Crippen molar-refractivity contribution in [1.29, 1.82) is 0 Å². The van der Waals surface area contributed by atoms with E-state index < -0.39 is 0 Å². The van der Waals surface area contributed by atoms with Crippen LogP contribution in [0.2, 0.25) is 0 Å². The molecule has 7 heteroatoms. The molecule has 25 heavy (non-hydrogen) atoms. The van der Waals surface area contributed by atoms with Crippen molar-refractivity contribution < 1.29 is 9.90 Å². The monoisotopic (exact) mass is 345 g/mol. The summed E-state index contributed by atoms with van der Waals surface area (Å²) in [6.07, 6.45) is 1.44. The lowest BCUT2D eigenvalue weighted by Crippen LogP contribution is -2.51. The molecule has 1 aliphatic rings. The van der Waals surface area contributed by atoms with E-state index in [0.29, 0.717) is 25.2 Å². The van der Waals surface area contributed by atoms with E-state index in [0.717, 1.165) is 24.6 Å². The number of carbonyl (C=O) groups is 1. The summed E-state index contributed by atoms with van der Waals surface area (Å²) in [6.45, 7) is 11.6. The molecule has 3 rings (SSSR count). The summed E-state index contributed by atoms with van der Waals surface area (Å²) in [5, 5.41) is 18.3. The molecule has 0 bridgehead atoms. The maximum Gasteiger partial charge on any atom is 0.255 e. The van der Waals surface area contributed by atoms with Crippen LogP contribution in [-0.4, -0.2) is 74.2 Å². The van der Waals surface area contributed by atoms with E-state index in [4.69, 9.17) is 0 Å². The van der Waals surface area contributed by atoms with Gasteiger partial charge in [-0.25, -0.2) is 0 Å². The van der Waals surface area contributed by atoms with Crippen LogP contribution in [0.1, 0.15) is 37.0 Å². The predicted octanol–water partition coefficient (Wildman–Crippen LogP) is 1.20. The minimum absolute atomic E-state index is 0.0334. The van der Waals surface area contributed by atoms with Crippen LogP contribution in [0.4, 0.5) is 0 Å². The van der Waals surface area contributed by atoms with Gasteiger partial charge in [0, 0.05) is 38.9 Å². The van der Waals surface area contributed by atoms with Crippen molar-refractivity contribution in [1.82, 2.24) is 24.4 Å². The smallest absolute Gasteiger partial charge is 0.255 e. The Bertz CT molecular complexity index is 756. The van der Waals surface area contributed by atoms with Crippen LogP contribution in [0.3, 0.4) is 0 Å². The van der Waals surface area contributed by atoms with E-state index >= 15 is 0 Å². The normalized spacial score (nSPS) is 17.9. The van der Waals surface area contributed by atoms with E-state index in [2.05, 4.69) is 15.1 Å². The lowest BCUT2D eigenvalue weighted by Gasteiger charge is -2.38. The number of aliphatic hydroxyl groups is 1. The number of aryl methyl sites for hydroxylation is 1. The van der Waals surface area contributed by atoms with Crippen LogP contribution in [-0.2, 0) is 0 Å². The van der Waals surface area contributed by atoms with Gasteiger partial charge < -0.3 is 10.0 Å². The highest BCUT2D eigenvalue weighted by molar-refractivity contribution is 5.94. The SMILES string of the molecule is Cc1nnc2ccc(C(=O)N3CCN(C[C@@H](O)C(C)(C)C)CC3)cn12. The Kier molecular flexibility index (Phi) is 4.79. The van der Waals surface area contributed by atoms with Gasteiger partial charge in [0.15, 0.2) is 5.65 Å². The van der Waals surface area contributed by atoms with Crippen LogP contribution in [0, 0.1) is 12.3 Å². The number of pyridine rings is 1. The van der Waals surface area contributed by atoms with Crippen molar-refractivity contribution in [3.05, 3.63) is 29.7 Å². The van der Waals surface area contributed by atoms with Gasteiger partial charge in [-0.2, -0.15) is 0 Å². The van der Waals surface area contributed by atoms with Gasteiger partial charge in [-0.15, -0.1) is 10.2 Å². The van der Waals surface area contributed by atoms with Crippen LogP contribution in [0.15, 0.2) is 18.3 Å². The Hall–Kier alpha value is -1.99. The number of carbonyl (C=O) groups excluding carboxylic acids is 1. The zero-order chi connectivity index (χ0) is 18.2. The molecular weight excluding hydrogens is 318 g/mol. The van der Waals surface area contributed by atoms with Crippen LogP contribution >= 0.6 is 0 Å². The summed E-state index contributed by atoms with van der Waals surface area (Å²) in [7, 11) is 0. The second-order valence-corrected chi connectivity index (χ2v) is 7.87. The molecule has 1 aliphatic heterocycles. The highest BCUT2D eigenvalue weighted by Crippen LogP contribution is 2.20. The van der Waals surface area contributed by atoms with Gasteiger partial charge in [-0.3, -0.25) is 14.1 Å². The number of hydrogen-bond donors (Lipinski definition) is 1. The zero-order valence-corrected chi connectivity index (χ0v) is 15.4. The standard InChI is InChI=1S/C18H27N5O2/c1-13-19-20-16-6-5-14(11-23(13)16)17(25)22-9-7-21(8-10-22)12-15(24)18(2,3)4/h5-6,11,15,24H,7-10,12H2,1-4H3/t15-/m1/s1. The van der Waals surface area contributed by atoms with Gasteiger partial charge in [0.1, 0.15) is 5.82 Å². The molecule has 0 aromatic carbocycles. The number of hydrogen-bond acceptors (Lipinski definition) is 5. The second-order valence-electron chi connectivity index (χ2n) is 7.87. The Morgan fingerprint density at radius 3 is 2.52 bits per heavy atom. The summed E-state index contributed by atoms with van der Waals surface area (Å²) in [5.41, 5.74) is 1.27. The molecule has 2 aromatic heterocycles. The lowest BCUT2D eigenvalue weighted by molar-refractivity contribution is 0.0137. The molecule has 7 nitrogen and oxygen atoms in total. The number of nitrogens with zero attached hydrogens (tertiary/aromatic N) is 5. The van der Waals surface area contributed by atoms with Crippen molar-refractivity contribution in [3.63, 3.8) is 0 Å². The van der Waals surface area contributed by atoms with Crippen molar-refractivity contribution in [3.8, 4) is 0 Å². The molecule has 0 radical (unpaired) electrons. The quantitative estimate of drug-likeness (QED) is 0.905. The largest absolute Gasteiger partial charge is 0.391 e. The number of fused-ring (bicyclic) bond motifs is 1. The molecule has 0 saturated carbocycles. The first-order chi connectivity index (χ1) is 11.8. The van der Waals surface area contributed by atoms with Crippen LogP contribution in [0.5, 0.6) is 0 Å². The van der Waals surface area contributed by atoms with Gasteiger partial charge in [-0.05, 0) is 24.5 Å². The minimum Gasteiger partial charge on any atom is -0.391 e. The topological polar surface area (TPSA) is 74.0 Å². The van der Waals surface area contributed by atoms with E-state index in [1.807, 2.05) is 55.3 Å². The average Bonchev–Trinajstić information content (AvgIpc) is 2.95. The van der Waals surface area contributed by atoms with E-state index in [1.165, 1.54) is 0 Å². The van der Waals surface area contributed by atoms with E-state index in [1.54, 1.807) is 0 Å². The molecule has 1 atom stereocenters. The van der Waals surface area contributed by atoms with E-state index in [-0.39, 0.29) is 17.4 Å². The maximum atomic E-state index is 12.8. The maximum absolute atomic E-state index is 12.8. The van der Waals surface area contributed by atoms with Crippen molar-refractivity contribution in [2.45, 2.75) is 33.8 Å². The number of β-amino-alcohol motifs (C(OH)–C–C–N with tert-alkyl or cyclic N) is 1. The van der Waals surface area contributed by atoms with E-state index in [9.17, 15) is 9.90 Å². The fraction of sp³-hybridized carbons (Fsp3) is 0.611. The molecule has 1 amide bonds. The number of piperazine rings is 1. The third-order valence-corrected chi connectivity index (χ3v) is 4.91. The molecular formula is C18H27N5O2. The lowest BCUT2D eigenvalue weighted by atomic mass is 9.89. The molecule has 0 aliphatic carbocycles. The van der Waals surface area contributed by atoms with Gasteiger partial charge in [0.25, 0.3) is 5.91 Å². The van der Waals surface area contributed by atoms with Crippen LogP contribution < -0.4 is 0 Å². The molecule has 1 fully saturated rings. The predicted molar refractivity (Wildman–Crippen MR) is 95.5 cm³/mol. The first-order valence-electron chi connectivity index (χ1n) is 8.77. The minimum atomic E-state index is -0.367. The third-order valence-electron chi connectivity index (χ3n) is 4.91. The first-order valence-corrected chi connectivity index (χ1v) is 8.77. The Morgan fingerprint density at radius 2 is 1.88 bits per heavy atom. The summed E-state index contributed by atoms with van der Waals surface area (Å²) in [5.74, 6) is 0.802. The summed E-state index contributed by atoms with van der Waals surface area (Å²) in [4.78, 5) is 16.9. The van der Waals surface area contributed by atoms with Gasteiger partial charge in [0.05, 0.1) is 11.7 Å². The van der Waals surface area contributed by atoms with Gasteiger partial charge >= 0.3 is 0 Å². The number of aromatic nitrogens is 3. The highest BCUT2D eigenvalue weighted by atomic mass is 16.3. The Balaban J connectivity index is 1.62. The molecule has 1 N–H and O–H groups in total. The van der Waals surface area contributed by atoms with Gasteiger partial charge in [0.2, 0.25) is 0 Å². The van der Waals surface area contributed by atoms with Crippen LogP contribution in [0.25, 0.3) is 5.65 Å². The number of aliphatic hydroxyl groups excluding tert-OH is 1. The van der Waals surface area contributed by atoms with Crippen molar-refractivity contribution in [2.24, 2.45) is 5.41 Å². The molecule has 1 saturated heterocycles. The molecule has 0 unspecified atom stereocenters. The zero-order valence-electron chi connectivity index (χ0n) is 15.4.